The third-order valence-corrected chi connectivity index (χ3v) is 5.77. The van der Waals surface area contributed by atoms with E-state index >= 15 is 0 Å². The number of rotatable bonds is 7. The van der Waals surface area contributed by atoms with Crippen LogP contribution in [0, 0.1) is 0 Å². The molecular formula is C22H19NO4S. The summed E-state index contributed by atoms with van der Waals surface area (Å²) in [5.41, 5.74) is 2.36. The number of carbonyl (C=O) groups is 2. The third-order valence-electron chi connectivity index (χ3n) is 4.16. The van der Waals surface area contributed by atoms with E-state index in [2.05, 4.69) is 5.32 Å². The van der Waals surface area contributed by atoms with Crippen LogP contribution in [-0.2, 0) is 15.6 Å². The minimum atomic E-state index is -1.48. The lowest BCUT2D eigenvalue weighted by Gasteiger charge is -2.17. The summed E-state index contributed by atoms with van der Waals surface area (Å²) in [5.74, 6) is -1.60. The number of nitrogens with one attached hydrogen (secondary N) is 1. The van der Waals surface area contributed by atoms with E-state index in [-0.39, 0.29) is 11.3 Å². The van der Waals surface area contributed by atoms with Crippen molar-refractivity contribution in [3.8, 4) is 0 Å². The molecule has 0 aliphatic heterocycles. The molecule has 0 saturated heterocycles. The molecule has 0 bridgehead atoms. The quantitative estimate of drug-likeness (QED) is 0.638. The molecule has 0 aromatic heterocycles. The molecule has 5 nitrogen and oxygen atoms in total. The fourth-order valence-corrected chi connectivity index (χ4v) is 4.28. The fraction of sp³-hybridized carbons (Fsp3) is 0.0909. The van der Waals surface area contributed by atoms with Gasteiger partial charge >= 0.3 is 5.97 Å². The molecule has 3 aromatic rings. The summed E-state index contributed by atoms with van der Waals surface area (Å²) >= 11 is 0. The first-order chi connectivity index (χ1) is 13.5. The fourth-order valence-electron chi connectivity index (χ4n) is 2.86. The Morgan fingerprint density at radius 1 is 0.821 bits per heavy atom. The lowest BCUT2D eigenvalue weighted by atomic mass is 10.0. The molecule has 1 amide bonds. The molecule has 3 rings (SSSR count). The van der Waals surface area contributed by atoms with Gasteiger partial charge in [0.15, 0.2) is 0 Å². The Labute approximate surface area is 165 Å². The van der Waals surface area contributed by atoms with Crippen molar-refractivity contribution in [3.05, 3.63) is 102 Å². The van der Waals surface area contributed by atoms with Gasteiger partial charge < -0.3 is 10.4 Å². The number of hydrogen-bond donors (Lipinski definition) is 2. The lowest BCUT2D eigenvalue weighted by Crippen LogP contribution is -2.23. The van der Waals surface area contributed by atoms with Crippen LogP contribution in [0.4, 0.5) is 5.69 Å². The topological polar surface area (TPSA) is 83.5 Å². The zero-order valence-corrected chi connectivity index (χ0v) is 15.8. The highest BCUT2D eigenvalue weighted by Crippen LogP contribution is 2.28. The van der Waals surface area contributed by atoms with Gasteiger partial charge in [-0.3, -0.25) is 9.00 Å². The van der Waals surface area contributed by atoms with Gasteiger partial charge in [-0.1, -0.05) is 60.7 Å². The second kappa shape index (κ2) is 9.10. The van der Waals surface area contributed by atoms with Crippen molar-refractivity contribution in [1.29, 1.82) is 0 Å². The first-order valence-corrected chi connectivity index (χ1v) is 10.0. The van der Waals surface area contributed by atoms with Crippen LogP contribution in [-0.4, -0.2) is 26.9 Å². The van der Waals surface area contributed by atoms with Crippen molar-refractivity contribution < 1.29 is 18.9 Å². The van der Waals surface area contributed by atoms with Gasteiger partial charge in [0.05, 0.1) is 10.8 Å². The molecule has 0 heterocycles. The Hall–Kier alpha value is -3.25. The van der Waals surface area contributed by atoms with Gasteiger partial charge in [0.25, 0.3) is 0 Å². The molecule has 28 heavy (non-hydrogen) atoms. The number of hydrogen-bond acceptors (Lipinski definition) is 3. The van der Waals surface area contributed by atoms with E-state index in [4.69, 9.17) is 5.11 Å². The molecule has 142 valence electrons. The summed E-state index contributed by atoms with van der Waals surface area (Å²) in [6.45, 7) is 0. The van der Waals surface area contributed by atoms with E-state index in [1.807, 2.05) is 60.7 Å². The summed E-state index contributed by atoms with van der Waals surface area (Å²) in [4.78, 5) is 23.3. The van der Waals surface area contributed by atoms with Crippen LogP contribution in [0.25, 0.3) is 0 Å². The van der Waals surface area contributed by atoms with E-state index in [0.717, 1.165) is 11.1 Å². The predicted molar refractivity (Wildman–Crippen MR) is 110 cm³/mol. The molecule has 0 aliphatic carbocycles. The Morgan fingerprint density at radius 3 is 1.79 bits per heavy atom. The van der Waals surface area contributed by atoms with Crippen LogP contribution in [0.5, 0.6) is 0 Å². The Balaban J connectivity index is 1.74. The van der Waals surface area contributed by atoms with E-state index in [9.17, 15) is 13.8 Å². The van der Waals surface area contributed by atoms with E-state index < -0.39 is 27.9 Å². The van der Waals surface area contributed by atoms with E-state index in [0.29, 0.717) is 5.69 Å². The summed E-state index contributed by atoms with van der Waals surface area (Å²) in [7, 11) is -1.48. The van der Waals surface area contributed by atoms with Crippen LogP contribution in [0.2, 0.25) is 0 Å². The maximum atomic E-state index is 13.1. The van der Waals surface area contributed by atoms with Gasteiger partial charge in [-0.25, -0.2) is 4.79 Å². The van der Waals surface area contributed by atoms with Gasteiger partial charge in [0, 0.05) is 16.5 Å². The first kappa shape index (κ1) is 19.5. The zero-order valence-electron chi connectivity index (χ0n) is 14.9. The molecule has 0 fully saturated rings. The van der Waals surface area contributed by atoms with Crippen LogP contribution in [0.1, 0.15) is 26.7 Å². The second-order valence-electron chi connectivity index (χ2n) is 6.16. The molecule has 1 atom stereocenters. The van der Waals surface area contributed by atoms with Gasteiger partial charge in [-0.15, -0.1) is 0 Å². The molecule has 0 aliphatic rings. The zero-order chi connectivity index (χ0) is 19.9. The molecule has 6 heteroatoms. The van der Waals surface area contributed by atoms with E-state index in [1.54, 1.807) is 0 Å². The van der Waals surface area contributed by atoms with Crippen molar-refractivity contribution in [2.24, 2.45) is 0 Å². The van der Waals surface area contributed by atoms with Gasteiger partial charge in [-0.2, -0.15) is 0 Å². The van der Waals surface area contributed by atoms with Crippen molar-refractivity contribution in [2.45, 2.75) is 5.25 Å². The van der Waals surface area contributed by atoms with Crippen LogP contribution >= 0.6 is 0 Å². The Kier molecular flexibility index (Phi) is 6.34. The lowest BCUT2D eigenvalue weighted by molar-refractivity contribution is -0.113. The number of benzene rings is 3. The monoisotopic (exact) mass is 393 g/mol. The molecular weight excluding hydrogens is 374 g/mol. The second-order valence-corrected chi connectivity index (χ2v) is 7.68. The Morgan fingerprint density at radius 2 is 1.32 bits per heavy atom. The van der Waals surface area contributed by atoms with Crippen molar-refractivity contribution in [2.75, 3.05) is 11.1 Å². The van der Waals surface area contributed by atoms with E-state index in [1.165, 1.54) is 24.3 Å². The maximum absolute atomic E-state index is 13.1. The predicted octanol–water partition coefficient (Wildman–Crippen LogP) is 3.86. The normalized spacial score (nSPS) is 11.8. The van der Waals surface area contributed by atoms with Crippen LogP contribution in [0.15, 0.2) is 84.9 Å². The number of carboxylic acid groups (broad SMARTS) is 1. The smallest absolute Gasteiger partial charge is 0.335 e. The SMILES string of the molecule is O=C(CS(=O)C(c1ccccc1)c1ccccc1)Nc1ccc(C(=O)O)cc1. The average Bonchev–Trinajstić information content (AvgIpc) is 2.70. The van der Waals surface area contributed by atoms with Crippen LogP contribution < -0.4 is 5.32 Å². The summed E-state index contributed by atoms with van der Waals surface area (Å²) in [6.07, 6.45) is 0. The number of carbonyl (C=O) groups excluding carboxylic acids is 1. The first-order valence-electron chi connectivity index (χ1n) is 8.65. The number of carboxylic acids is 1. The largest absolute Gasteiger partial charge is 0.478 e. The third kappa shape index (κ3) is 4.92. The highest BCUT2D eigenvalue weighted by Gasteiger charge is 2.23. The highest BCUT2D eigenvalue weighted by atomic mass is 32.2. The minimum absolute atomic E-state index is 0.134. The molecule has 3 aromatic carbocycles. The Bertz CT molecular complexity index is 933. The summed E-state index contributed by atoms with van der Waals surface area (Å²) in [5, 5.41) is 11.2. The van der Waals surface area contributed by atoms with Crippen LogP contribution in [0.3, 0.4) is 0 Å². The summed E-state index contributed by atoms with van der Waals surface area (Å²) in [6, 6.07) is 24.7. The molecule has 2 N–H and O–H groups in total. The molecule has 0 spiro atoms. The highest BCUT2D eigenvalue weighted by molar-refractivity contribution is 7.86. The number of aromatic carboxylic acids is 1. The van der Waals surface area contributed by atoms with Crippen molar-refractivity contribution in [3.63, 3.8) is 0 Å². The molecule has 0 radical (unpaired) electrons. The van der Waals surface area contributed by atoms with Gasteiger partial charge in [0.2, 0.25) is 5.91 Å². The standard InChI is InChI=1S/C22H19NO4S/c24-20(23-19-13-11-18(12-14-19)22(25)26)15-28(27)21(16-7-3-1-4-8-16)17-9-5-2-6-10-17/h1-14,21H,15H2,(H,23,24)(H,25,26). The molecule has 0 saturated carbocycles. The van der Waals surface area contributed by atoms with Gasteiger partial charge in [0.1, 0.15) is 5.75 Å². The number of amides is 1. The number of anilines is 1. The maximum Gasteiger partial charge on any atom is 0.335 e. The van der Waals surface area contributed by atoms with Crippen molar-refractivity contribution in [1.82, 2.24) is 0 Å². The minimum Gasteiger partial charge on any atom is -0.478 e. The summed E-state index contributed by atoms with van der Waals surface area (Å²) < 4.78 is 13.1. The van der Waals surface area contributed by atoms with Crippen molar-refractivity contribution >= 4 is 28.4 Å². The van der Waals surface area contributed by atoms with Gasteiger partial charge in [-0.05, 0) is 35.4 Å². The average molecular weight is 393 g/mol. The molecule has 1 unspecified atom stereocenters.